The number of nitrogens with one attached hydrogen (secondary N) is 2. The highest BCUT2D eigenvalue weighted by molar-refractivity contribution is 5.94. The quantitative estimate of drug-likeness (QED) is 0.703. The van der Waals surface area contributed by atoms with Gasteiger partial charge in [-0.3, -0.25) is 14.9 Å². The lowest BCUT2D eigenvalue weighted by Crippen LogP contribution is -2.48. The molecule has 3 atom stereocenters. The topological polar surface area (TPSA) is 105 Å². The molecule has 3 N–H and O–H groups in total. The zero-order chi connectivity index (χ0) is 15.6. The molecule has 7 nitrogen and oxygen atoms in total. The van der Waals surface area contributed by atoms with Crippen LogP contribution in [0.3, 0.4) is 0 Å². The van der Waals surface area contributed by atoms with Crippen molar-refractivity contribution in [2.45, 2.75) is 64.2 Å². The molecule has 2 rings (SSSR count). The van der Waals surface area contributed by atoms with Crippen LogP contribution in [0.15, 0.2) is 0 Å². The number of ether oxygens (including phenoxy) is 1. The Morgan fingerprint density at radius 3 is 2.48 bits per heavy atom. The minimum absolute atomic E-state index is 0.0139. The normalized spacial score (nSPS) is 27.4. The maximum Gasteiger partial charge on any atom is 0.321 e. The number of hydrogen-bond donors (Lipinski definition) is 3. The number of fused-ring (bicyclic) bond motifs is 2. The van der Waals surface area contributed by atoms with E-state index in [0.717, 1.165) is 19.3 Å². The van der Waals surface area contributed by atoms with Gasteiger partial charge in [0.15, 0.2) is 0 Å². The second kappa shape index (κ2) is 6.01. The number of urea groups is 1. The van der Waals surface area contributed by atoms with Crippen LogP contribution < -0.4 is 10.6 Å². The fraction of sp³-hybridized carbons (Fsp3) is 0.786. The third kappa shape index (κ3) is 4.42. The lowest BCUT2D eigenvalue weighted by molar-refractivity contribution is -0.139. The van der Waals surface area contributed by atoms with Crippen LogP contribution in [0.1, 0.15) is 46.0 Å². The first-order chi connectivity index (χ1) is 9.75. The van der Waals surface area contributed by atoms with Crippen LogP contribution in [-0.4, -0.2) is 41.3 Å². The fourth-order valence-electron chi connectivity index (χ4n) is 3.07. The van der Waals surface area contributed by atoms with Crippen molar-refractivity contribution in [3.05, 3.63) is 0 Å². The molecule has 2 fully saturated rings. The number of carboxylic acids is 1. The third-order valence-corrected chi connectivity index (χ3v) is 3.94. The van der Waals surface area contributed by atoms with E-state index in [2.05, 4.69) is 10.6 Å². The van der Waals surface area contributed by atoms with Gasteiger partial charge in [-0.2, -0.15) is 0 Å². The summed E-state index contributed by atoms with van der Waals surface area (Å²) in [5.41, 5.74) is -0.689. The number of imide groups is 1. The van der Waals surface area contributed by atoms with E-state index in [-0.39, 0.29) is 31.1 Å². The summed E-state index contributed by atoms with van der Waals surface area (Å²) in [6, 6.07) is -0.573. The average Bonchev–Trinajstić information content (AvgIpc) is 2.86. The van der Waals surface area contributed by atoms with Gasteiger partial charge in [-0.1, -0.05) is 13.8 Å². The average molecular weight is 298 g/mol. The molecule has 21 heavy (non-hydrogen) atoms. The summed E-state index contributed by atoms with van der Waals surface area (Å²) in [7, 11) is 0. The summed E-state index contributed by atoms with van der Waals surface area (Å²) in [6.45, 7) is 3.37. The van der Waals surface area contributed by atoms with Crippen LogP contribution in [0.2, 0.25) is 0 Å². The number of aliphatic carboxylic acids is 1. The third-order valence-electron chi connectivity index (χ3n) is 3.94. The molecule has 0 saturated carbocycles. The molecular formula is C14H22N2O5. The van der Waals surface area contributed by atoms with Crippen molar-refractivity contribution in [1.29, 1.82) is 0 Å². The highest BCUT2D eigenvalue weighted by Gasteiger charge is 2.41. The largest absolute Gasteiger partial charge is 0.481 e. The van der Waals surface area contributed by atoms with Crippen LogP contribution in [0.25, 0.3) is 0 Å². The van der Waals surface area contributed by atoms with Crippen molar-refractivity contribution in [3.8, 4) is 0 Å². The molecule has 7 heteroatoms. The van der Waals surface area contributed by atoms with Gasteiger partial charge in [0.05, 0.1) is 24.7 Å². The lowest BCUT2D eigenvalue weighted by atomic mass is 9.85. The van der Waals surface area contributed by atoms with E-state index in [1.54, 1.807) is 13.8 Å². The van der Waals surface area contributed by atoms with Crippen molar-refractivity contribution in [2.75, 3.05) is 0 Å². The zero-order valence-electron chi connectivity index (χ0n) is 12.3. The summed E-state index contributed by atoms with van der Waals surface area (Å²) < 4.78 is 5.62. The lowest BCUT2D eigenvalue weighted by Gasteiger charge is -2.23. The molecule has 2 saturated heterocycles. The van der Waals surface area contributed by atoms with Gasteiger partial charge in [0.2, 0.25) is 5.91 Å². The summed E-state index contributed by atoms with van der Waals surface area (Å²) in [4.78, 5) is 34.3. The molecule has 2 bridgehead atoms. The van der Waals surface area contributed by atoms with E-state index in [4.69, 9.17) is 9.84 Å². The summed E-state index contributed by atoms with van der Waals surface area (Å²) in [5.74, 6) is -1.43. The fourth-order valence-corrected chi connectivity index (χ4v) is 3.07. The molecule has 0 aromatic rings. The Morgan fingerprint density at radius 1 is 1.24 bits per heavy atom. The minimum Gasteiger partial charge on any atom is -0.481 e. The standard InChI is InChI=1S/C14H22N2O5/c1-14(2,7-12(18)19)6-11(17)16-13(20)15-9-5-8-3-4-10(9)21-8/h8-10H,3-7H2,1-2H3,(H,18,19)(H2,15,16,17,20). The van der Waals surface area contributed by atoms with E-state index in [9.17, 15) is 14.4 Å². The maximum absolute atomic E-state index is 11.8. The van der Waals surface area contributed by atoms with E-state index in [0.29, 0.717) is 0 Å². The van der Waals surface area contributed by atoms with Gasteiger partial charge in [0.1, 0.15) is 0 Å². The van der Waals surface area contributed by atoms with Crippen LogP contribution in [-0.2, 0) is 14.3 Å². The molecular weight excluding hydrogens is 276 g/mol. The predicted octanol–water partition coefficient (Wildman–Crippen LogP) is 1.02. The van der Waals surface area contributed by atoms with E-state index >= 15 is 0 Å². The molecule has 2 heterocycles. The Bertz CT molecular complexity index is 449. The van der Waals surface area contributed by atoms with Crippen LogP contribution in [0.4, 0.5) is 4.79 Å². The number of rotatable bonds is 5. The number of carboxylic acid groups (broad SMARTS) is 1. The van der Waals surface area contributed by atoms with E-state index in [1.165, 1.54) is 0 Å². The first-order valence-electron chi connectivity index (χ1n) is 7.23. The van der Waals surface area contributed by atoms with Crippen molar-refractivity contribution in [1.82, 2.24) is 10.6 Å². The second-order valence-corrected chi connectivity index (χ2v) is 6.65. The van der Waals surface area contributed by atoms with Gasteiger partial charge < -0.3 is 15.2 Å². The van der Waals surface area contributed by atoms with Crippen LogP contribution in [0.5, 0.6) is 0 Å². The Balaban J connectivity index is 1.74. The highest BCUT2D eigenvalue weighted by Crippen LogP contribution is 2.34. The smallest absolute Gasteiger partial charge is 0.321 e. The molecule has 2 aliphatic rings. The highest BCUT2D eigenvalue weighted by atomic mass is 16.5. The Labute approximate surface area is 123 Å². The molecule has 2 aliphatic heterocycles. The molecule has 0 spiro atoms. The summed E-state index contributed by atoms with van der Waals surface area (Å²) in [5, 5.41) is 13.8. The number of hydrogen-bond acceptors (Lipinski definition) is 4. The van der Waals surface area contributed by atoms with Gasteiger partial charge in [0, 0.05) is 6.42 Å². The van der Waals surface area contributed by atoms with Gasteiger partial charge in [-0.25, -0.2) is 4.79 Å². The minimum atomic E-state index is -0.962. The van der Waals surface area contributed by atoms with E-state index in [1.807, 2.05) is 0 Å². The Kier molecular flexibility index (Phi) is 4.51. The van der Waals surface area contributed by atoms with Crippen molar-refractivity contribution < 1.29 is 24.2 Å². The van der Waals surface area contributed by atoms with Crippen molar-refractivity contribution in [3.63, 3.8) is 0 Å². The molecule has 0 aromatic heterocycles. The van der Waals surface area contributed by atoms with E-state index < -0.39 is 23.3 Å². The van der Waals surface area contributed by atoms with Crippen LogP contribution in [0, 0.1) is 5.41 Å². The second-order valence-electron chi connectivity index (χ2n) is 6.65. The maximum atomic E-state index is 11.8. The van der Waals surface area contributed by atoms with Gasteiger partial charge >= 0.3 is 12.0 Å². The van der Waals surface area contributed by atoms with Crippen molar-refractivity contribution in [2.24, 2.45) is 5.41 Å². The van der Waals surface area contributed by atoms with Crippen LogP contribution >= 0.6 is 0 Å². The van der Waals surface area contributed by atoms with Crippen molar-refractivity contribution >= 4 is 17.9 Å². The van der Waals surface area contributed by atoms with Gasteiger partial charge in [-0.15, -0.1) is 0 Å². The first kappa shape index (κ1) is 15.8. The molecule has 3 amide bonds. The SMILES string of the molecule is CC(C)(CC(=O)O)CC(=O)NC(=O)NC1CC2CCC1O2. The molecule has 0 radical (unpaired) electrons. The van der Waals surface area contributed by atoms with Gasteiger partial charge in [-0.05, 0) is 24.7 Å². The number of carbonyl (C=O) groups excluding carboxylic acids is 2. The zero-order valence-corrected chi connectivity index (χ0v) is 12.3. The molecule has 0 aromatic carbocycles. The molecule has 3 unspecified atom stereocenters. The predicted molar refractivity (Wildman–Crippen MR) is 73.6 cm³/mol. The molecule has 0 aliphatic carbocycles. The molecule has 118 valence electrons. The first-order valence-corrected chi connectivity index (χ1v) is 7.23. The number of carbonyl (C=O) groups is 3. The Hall–Kier alpha value is -1.63. The summed E-state index contributed by atoms with van der Waals surface area (Å²) in [6.07, 6.45) is 2.91. The number of amides is 3. The summed E-state index contributed by atoms with van der Waals surface area (Å²) >= 11 is 0. The Morgan fingerprint density at radius 2 is 1.95 bits per heavy atom. The monoisotopic (exact) mass is 298 g/mol. The van der Waals surface area contributed by atoms with Gasteiger partial charge in [0.25, 0.3) is 0 Å².